The van der Waals surface area contributed by atoms with Gasteiger partial charge in [-0.25, -0.2) is 4.98 Å². The van der Waals surface area contributed by atoms with Crippen LogP contribution >= 0.6 is 11.8 Å². The van der Waals surface area contributed by atoms with E-state index in [1.807, 2.05) is 6.92 Å². The number of nitrogens with zero attached hydrogens (tertiary/aromatic N) is 1. The van der Waals surface area contributed by atoms with Crippen molar-refractivity contribution in [1.29, 1.82) is 0 Å². The third kappa shape index (κ3) is 4.81. The smallest absolute Gasteiger partial charge is 0.254 e. The van der Waals surface area contributed by atoms with E-state index in [4.69, 9.17) is 4.74 Å². The van der Waals surface area contributed by atoms with Crippen LogP contribution in [-0.4, -0.2) is 30.6 Å². The van der Waals surface area contributed by atoms with E-state index in [0.29, 0.717) is 17.2 Å². The van der Waals surface area contributed by atoms with Gasteiger partial charge < -0.3 is 10.1 Å². The number of benzene rings is 1. The van der Waals surface area contributed by atoms with Crippen LogP contribution in [0.3, 0.4) is 0 Å². The quantitative estimate of drug-likeness (QED) is 0.879. The van der Waals surface area contributed by atoms with Crippen molar-refractivity contribution in [3.8, 4) is 0 Å². The number of aryl methyl sites for hydroxylation is 2. The molecule has 0 bridgehead atoms. The molecule has 1 aromatic carbocycles. The Morgan fingerprint density at radius 1 is 1.35 bits per heavy atom. The lowest BCUT2D eigenvalue weighted by Gasteiger charge is -2.14. The zero-order valence-corrected chi connectivity index (χ0v) is 14.7. The summed E-state index contributed by atoms with van der Waals surface area (Å²) in [5.74, 6) is -0.130. The molecule has 0 saturated heterocycles. The summed E-state index contributed by atoms with van der Waals surface area (Å²) in [6.45, 7) is 6.53. The summed E-state index contributed by atoms with van der Waals surface area (Å²) in [4.78, 5) is 17.9. The number of nitrogens with one attached hydrogen (secondary N) is 1. The van der Waals surface area contributed by atoms with Crippen molar-refractivity contribution < 1.29 is 9.53 Å². The highest BCUT2D eigenvalue weighted by molar-refractivity contribution is 7.99. The topological polar surface area (TPSA) is 51.2 Å². The number of methoxy groups -OCH3 is 1. The van der Waals surface area contributed by atoms with E-state index in [-0.39, 0.29) is 11.9 Å². The molecule has 4 nitrogen and oxygen atoms in total. The summed E-state index contributed by atoms with van der Waals surface area (Å²) in [6.07, 6.45) is 1.71. The first-order chi connectivity index (χ1) is 11.0. The van der Waals surface area contributed by atoms with Crippen molar-refractivity contribution in [1.82, 2.24) is 10.3 Å². The molecule has 0 radical (unpaired) electrons. The Kier molecular flexibility index (Phi) is 6.19. The van der Waals surface area contributed by atoms with Crippen molar-refractivity contribution in [2.24, 2.45) is 0 Å². The zero-order chi connectivity index (χ0) is 16.8. The summed E-state index contributed by atoms with van der Waals surface area (Å²) in [5, 5.41) is 3.64. The van der Waals surface area contributed by atoms with Gasteiger partial charge in [0.1, 0.15) is 5.03 Å². The molecule has 2 rings (SSSR count). The molecule has 0 spiro atoms. The van der Waals surface area contributed by atoms with Crippen LogP contribution in [-0.2, 0) is 4.74 Å². The lowest BCUT2D eigenvalue weighted by molar-refractivity contribution is 0.0902. The lowest BCUT2D eigenvalue weighted by Crippen LogP contribution is -2.35. The Morgan fingerprint density at radius 3 is 2.83 bits per heavy atom. The van der Waals surface area contributed by atoms with Crippen molar-refractivity contribution in [2.75, 3.05) is 13.7 Å². The minimum Gasteiger partial charge on any atom is -0.383 e. The third-order valence-electron chi connectivity index (χ3n) is 3.35. The van der Waals surface area contributed by atoms with Crippen LogP contribution in [0.2, 0.25) is 0 Å². The van der Waals surface area contributed by atoms with Gasteiger partial charge in [0.2, 0.25) is 0 Å². The minimum atomic E-state index is -0.130. The maximum absolute atomic E-state index is 12.5. The summed E-state index contributed by atoms with van der Waals surface area (Å²) in [5.41, 5.74) is 2.99. The molecule has 0 aliphatic carbocycles. The van der Waals surface area contributed by atoms with Gasteiger partial charge in [-0.1, -0.05) is 29.5 Å². The van der Waals surface area contributed by atoms with Gasteiger partial charge in [0, 0.05) is 24.2 Å². The van der Waals surface area contributed by atoms with Crippen LogP contribution in [0.1, 0.15) is 28.4 Å². The van der Waals surface area contributed by atoms with E-state index in [9.17, 15) is 4.79 Å². The van der Waals surface area contributed by atoms with Gasteiger partial charge in [-0.15, -0.1) is 0 Å². The molecular weight excluding hydrogens is 308 g/mol. The van der Waals surface area contributed by atoms with Gasteiger partial charge in [0.05, 0.1) is 12.2 Å². The fourth-order valence-corrected chi connectivity index (χ4v) is 3.20. The van der Waals surface area contributed by atoms with E-state index in [2.05, 4.69) is 42.3 Å². The van der Waals surface area contributed by atoms with Crippen LogP contribution in [0.5, 0.6) is 0 Å². The molecule has 5 heteroatoms. The maximum Gasteiger partial charge on any atom is 0.254 e. The fraction of sp³-hybridized carbons (Fsp3) is 0.333. The molecule has 2 aromatic rings. The Bertz CT molecular complexity index is 688. The van der Waals surface area contributed by atoms with E-state index >= 15 is 0 Å². The first kappa shape index (κ1) is 17.5. The molecule has 122 valence electrons. The number of pyridine rings is 1. The molecule has 0 fully saturated rings. The number of hydrogen-bond acceptors (Lipinski definition) is 4. The predicted molar refractivity (Wildman–Crippen MR) is 93.1 cm³/mol. The SMILES string of the molecule is COCC(C)NC(=O)c1cccnc1Sc1ccc(C)cc1C. The number of amides is 1. The first-order valence-corrected chi connectivity index (χ1v) is 8.33. The van der Waals surface area contributed by atoms with Crippen LogP contribution in [0.4, 0.5) is 0 Å². The number of aromatic nitrogens is 1. The normalized spacial score (nSPS) is 12.0. The highest BCUT2D eigenvalue weighted by Gasteiger charge is 2.16. The second-order valence-corrected chi connectivity index (χ2v) is 6.59. The third-order valence-corrected chi connectivity index (χ3v) is 4.54. The molecule has 1 amide bonds. The van der Waals surface area contributed by atoms with Crippen LogP contribution < -0.4 is 5.32 Å². The van der Waals surface area contributed by atoms with Gasteiger partial charge in [0.15, 0.2) is 0 Å². The monoisotopic (exact) mass is 330 g/mol. The fourth-order valence-electron chi connectivity index (χ4n) is 2.26. The highest BCUT2D eigenvalue weighted by atomic mass is 32.2. The second kappa shape index (κ2) is 8.13. The molecule has 1 heterocycles. The first-order valence-electron chi connectivity index (χ1n) is 7.51. The molecular formula is C18H22N2O2S. The van der Waals surface area contributed by atoms with Crippen molar-refractivity contribution in [3.63, 3.8) is 0 Å². The number of carbonyl (C=O) groups excluding carboxylic acids is 1. The maximum atomic E-state index is 12.5. The zero-order valence-electron chi connectivity index (χ0n) is 13.9. The summed E-state index contributed by atoms with van der Waals surface area (Å²) in [7, 11) is 1.62. The molecule has 1 aromatic heterocycles. The second-order valence-electron chi connectivity index (χ2n) is 5.56. The van der Waals surface area contributed by atoms with Gasteiger partial charge in [-0.05, 0) is 44.5 Å². The van der Waals surface area contributed by atoms with Gasteiger partial charge in [0.25, 0.3) is 5.91 Å². The lowest BCUT2D eigenvalue weighted by atomic mass is 10.2. The van der Waals surface area contributed by atoms with Crippen LogP contribution in [0.15, 0.2) is 46.5 Å². The summed E-state index contributed by atoms with van der Waals surface area (Å²) >= 11 is 1.52. The van der Waals surface area contributed by atoms with Crippen molar-refractivity contribution >= 4 is 17.7 Å². The molecule has 0 saturated carbocycles. The largest absolute Gasteiger partial charge is 0.383 e. The van der Waals surface area contributed by atoms with E-state index < -0.39 is 0 Å². The van der Waals surface area contributed by atoms with E-state index in [0.717, 1.165) is 4.90 Å². The minimum absolute atomic E-state index is 0.0494. The summed E-state index contributed by atoms with van der Waals surface area (Å²) in [6, 6.07) is 9.80. The van der Waals surface area contributed by atoms with Crippen LogP contribution in [0, 0.1) is 13.8 Å². The number of ether oxygens (including phenoxy) is 1. The van der Waals surface area contributed by atoms with Crippen LogP contribution in [0.25, 0.3) is 0 Å². The van der Waals surface area contributed by atoms with Gasteiger partial charge >= 0.3 is 0 Å². The van der Waals surface area contributed by atoms with Gasteiger partial charge in [-0.2, -0.15) is 0 Å². The molecule has 1 unspecified atom stereocenters. The average Bonchev–Trinajstić information content (AvgIpc) is 2.50. The van der Waals surface area contributed by atoms with E-state index in [1.165, 1.54) is 22.9 Å². The Balaban J connectivity index is 2.21. The number of carbonyl (C=O) groups is 1. The average molecular weight is 330 g/mol. The Labute approximate surface area is 141 Å². The van der Waals surface area contributed by atoms with Crippen molar-refractivity contribution in [2.45, 2.75) is 36.7 Å². The van der Waals surface area contributed by atoms with E-state index in [1.54, 1.807) is 25.4 Å². The molecule has 23 heavy (non-hydrogen) atoms. The van der Waals surface area contributed by atoms with Crippen molar-refractivity contribution in [3.05, 3.63) is 53.2 Å². The Hall–Kier alpha value is -1.85. The van der Waals surface area contributed by atoms with Gasteiger partial charge in [-0.3, -0.25) is 4.79 Å². The predicted octanol–water partition coefficient (Wildman–Crippen LogP) is 3.61. The number of hydrogen-bond donors (Lipinski definition) is 1. The number of rotatable bonds is 6. The molecule has 1 N–H and O–H groups in total. The highest BCUT2D eigenvalue weighted by Crippen LogP contribution is 2.31. The Morgan fingerprint density at radius 2 is 2.13 bits per heavy atom. The standard InChI is InChI=1S/C18H22N2O2S/c1-12-7-8-16(13(2)10-12)23-18-15(6-5-9-19-18)17(21)20-14(3)11-22-4/h5-10,14H,11H2,1-4H3,(H,20,21). The molecule has 0 aliphatic rings. The summed E-state index contributed by atoms with van der Waals surface area (Å²) < 4.78 is 5.06. The molecule has 1 atom stereocenters. The molecule has 0 aliphatic heterocycles.